The molecular weight excluding hydrogens is 571 g/mol. The number of aromatic nitrogens is 4. The lowest BCUT2D eigenvalue weighted by molar-refractivity contribution is -0.0513. The number of nitrogens with zero attached hydrogens (tertiary/aromatic N) is 4. The second-order valence-electron chi connectivity index (χ2n) is 6.11. The summed E-state index contributed by atoms with van der Waals surface area (Å²) in [5.41, 5.74) is 5.99. The Hall–Kier alpha value is -0.880. The van der Waals surface area contributed by atoms with E-state index in [-0.39, 0.29) is 21.7 Å². The Morgan fingerprint density at radius 2 is 1.75 bits per heavy atom. The van der Waals surface area contributed by atoms with Crippen LogP contribution in [0.1, 0.15) is 6.23 Å². The molecule has 2 unspecified atom stereocenters. The Balaban J connectivity index is 1.73. The number of halogens is 1. The van der Waals surface area contributed by atoms with Crippen molar-refractivity contribution in [3.63, 3.8) is 0 Å². The fourth-order valence-corrected chi connectivity index (χ4v) is 6.25. The molecule has 2 aromatic rings. The van der Waals surface area contributed by atoms with E-state index in [0.29, 0.717) is 0 Å². The van der Waals surface area contributed by atoms with Crippen LogP contribution in [-0.2, 0) is 31.6 Å². The second-order valence-corrected chi connectivity index (χ2v) is 11.2. The summed E-state index contributed by atoms with van der Waals surface area (Å²) in [6.07, 6.45) is -5.03. The van der Waals surface area contributed by atoms with Crippen LogP contribution in [-0.4, -0.2) is 74.2 Å². The number of fused-ring (bicyclic) bond motifs is 1. The lowest BCUT2D eigenvalue weighted by atomic mass is 10.1. The van der Waals surface area contributed by atoms with Gasteiger partial charge in [-0.05, 0) is 15.9 Å². The summed E-state index contributed by atoms with van der Waals surface area (Å²) in [7, 11) is -16.7. The first-order valence-electron chi connectivity index (χ1n) is 8.04. The van der Waals surface area contributed by atoms with Crippen molar-refractivity contribution in [1.29, 1.82) is 0 Å². The lowest BCUT2D eigenvalue weighted by Crippen LogP contribution is -2.33. The van der Waals surface area contributed by atoms with Gasteiger partial charge in [-0.25, -0.2) is 28.6 Å². The van der Waals surface area contributed by atoms with Crippen molar-refractivity contribution < 1.29 is 61.4 Å². The number of phosphoric ester groups is 1. The molecule has 0 amide bonds. The average Bonchev–Trinajstić information content (AvgIpc) is 3.08. The Kier molecular flexibility index (Phi) is 7.28. The summed E-state index contributed by atoms with van der Waals surface area (Å²) in [6.45, 7) is -0.972. The highest BCUT2D eigenvalue weighted by Crippen LogP contribution is 2.66. The van der Waals surface area contributed by atoms with E-state index in [4.69, 9.17) is 25.2 Å². The molecule has 0 bridgehead atoms. The van der Waals surface area contributed by atoms with Gasteiger partial charge < -0.3 is 40.3 Å². The summed E-state index contributed by atoms with van der Waals surface area (Å²) >= 11 is 3.13. The van der Waals surface area contributed by atoms with Gasteiger partial charge in [-0.15, -0.1) is 0 Å². The first-order valence-corrected chi connectivity index (χ1v) is 13.4. The number of nitrogens with two attached hydrogens (primary N) is 1. The van der Waals surface area contributed by atoms with Crippen LogP contribution in [0.25, 0.3) is 11.2 Å². The molecule has 8 N–H and O–H groups in total. The Morgan fingerprint density at radius 3 is 2.38 bits per heavy atom. The van der Waals surface area contributed by atoms with Crippen LogP contribution in [0.3, 0.4) is 0 Å². The van der Waals surface area contributed by atoms with E-state index in [1.807, 2.05) is 0 Å². The molecular formula is C10H15BrN5O13P3. The molecule has 0 aromatic carbocycles. The third-order valence-corrected chi connectivity index (χ3v) is 8.23. The van der Waals surface area contributed by atoms with Gasteiger partial charge in [-0.3, -0.25) is 9.09 Å². The first-order chi connectivity index (χ1) is 14.6. The van der Waals surface area contributed by atoms with E-state index >= 15 is 0 Å². The monoisotopic (exact) mass is 585 g/mol. The molecule has 22 heteroatoms. The number of nitrogen functional groups attached to an aromatic ring is 1. The van der Waals surface area contributed by atoms with Gasteiger partial charge in [0.25, 0.3) is 0 Å². The minimum absolute atomic E-state index is 0.0201. The van der Waals surface area contributed by atoms with Gasteiger partial charge in [0.05, 0.1) is 6.61 Å². The predicted octanol–water partition coefficient (Wildman–Crippen LogP) is -0.867. The summed E-state index contributed by atoms with van der Waals surface area (Å²) in [5.74, 6) is 0.0201. The highest BCUT2D eigenvalue weighted by Gasteiger charge is 2.47. The molecule has 1 aliphatic heterocycles. The average molecular weight is 586 g/mol. The van der Waals surface area contributed by atoms with Crippen molar-refractivity contribution in [3.8, 4) is 0 Å². The van der Waals surface area contributed by atoms with Gasteiger partial charge in [0.15, 0.2) is 27.9 Å². The summed E-state index contributed by atoms with van der Waals surface area (Å²) in [6, 6.07) is 0. The van der Waals surface area contributed by atoms with Crippen molar-refractivity contribution in [2.75, 3.05) is 12.3 Å². The van der Waals surface area contributed by atoms with Crippen molar-refractivity contribution in [2.45, 2.75) is 24.5 Å². The number of rotatable bonds is 8. The minimum atomic E-state index is -5.71. The summed E-state index contributed by atoms with van der Waals surface area (Å²) in [4.78, 5) is 47.5. The number of aliphatic hydroxyl groups is 2. The SMILES string of the molecule is Nc1ncnc2c1nc(Br)n2[C@@H]1O[C@H](COP(=O)(O)OP(=O)(O)OP(=O)(O)O)[C@H](O)[C@H]1O. The lowest BCUT2D eigenvalue weighted by Gasteiger charge is -2.19. The summed E-state index contributed by atoms with van der Waals surface area (Å²) in [5, 5.41) is 20.6. The molecule has 0 spiro atoms. The molecule has 6 atom stereocenters. The van der Waals surface area contributed by atoms with Crippen LogP contribution in [0.2, 0.25) is 0 Å². The zero-order valence-corrected chi connectivity index (χ0v) is 19.5. The number of ether oxygens (including phenoxy) is 1. The van der Waals surface area contributed by atoms with Crippen molar-refractivity contribution in [3.05, 3.63) is 11.1 Å². The maximum absolute atomic E-state index is 11.8. The zero-order chi connectivity index (χ0) is 24.1. The first kappa shape index (κ1) is 25.7. The van der Waals surface area contributed by atoms with Crippen molar-refractivity contribution in [2.24, 2.45) is 0 Å². The van der Waals surface area contributed by atoms with E-state index in [1.54, 1.807) is 0 Å². The van der Waals surface area contributed by atoms with E-state index in [9.17, 15) is 28.8 Å². The predicted molar refractivity (Wildman–Crippen MR) is 103 cm³/mol. The maximum atomic E-state index is 11.8. The third kappa shape index (κ3) is 5.78. The van der Waals surface area contributed by atoms with Crippen LogP contribution in [0.4, 0.5) is 5.82 Å². The quantitative estimate of drug-likeness (QED) is 0.146. The standard InChI is InChI=1S/C10H15BrN5O13P3/c11-10-15-4-7(12)13-2-14-8(4)16(10)9-6(18)5(17)3(27-9)1-26-31(22,23)29-32(24,25)28-30(19,20)21/h2-3,5-6,9,17-18H,1H2,(H,22,23)(H,24,25)(H2,12,13,14)(H2,19,20,21)/t3-,5+,6-,9-/m1/s1. The number of imidazole rings is 1. The van der Waals surface area contributed by atoms with Gasteiger partial charge in [0, 0.05) is 0 Å². The number of aliphatic hydroxyl groups excluding tert-OH is 2. The normalized spacial score (nSPS) is 28.0. The smallest absolute Gasteiger partial charge is 0.387 e. The minimum Gasteiger partial charge on any atom is -0.387 e. The molecule has 1 aliphatic rings. The van der Waals surface area contributed by atoms with Crippen LogP contribution in [0, 0.1) is 0 Å². The third-order valence-electron chi connectivity index (χ3n) is 3.87. The van der Waals surface area contributed by atoms with Crippen LogP contribution in [0.15, 0.2) is 11.1 Å². The molecule has 180 valence electrons. The Bertz CT molecular complexity index is 1160. The number of hydrogen-bond donors (Lipinski definition) is 7. The molecule has 0 radical (unpaired) electrons. The Morgan fingerprint density at radius 1 is 1.09 bits per heavy atom. The van der Waals surface area contributed by atoms with Crippen LogP contribution < -0.4 is 5.73 Å². The van der Waals surface area contributed by atoms with Gasteiger partial charge in [0.2, 0.25) is 0 Å². The fourth-order valence-electron chi connectivity index (χ4n) is 2.68. The van der Waals surface area contributed by atoms with Gasteiger partial charge in [-0.2, -0.15) is 8.62 Å². The number of anilines is 1. The van der Waals surface area contributed by atoms with Crippen molar-refractivity contribution >= 4 is 56.4 Å². The molecule has 0 aliphatic carbocycles. The van der Waals surface area contributed by atoms with E-state index in [0.717, 1.165) is 6.33 Å². The van der Waals surface area contributed by atoms with Crippen LogP contribution >= 0.6 is 39.4 Å². The van der Waals surface area contributed by atoms with Gasteiger partial charge in [0.1, 0.15) is 24.6 Å². The Labute approximate surface area is 185 Å². The number of phosphoric acid groups is 3. The molecule has 1 fully saturated rings. The molecule has 3 rings (SSSR count). The zero-order valence-electron chi connectivity index (χ0n) is 15.2. The van der Waals surface area contributed by atoms with E-state index < -0.39 is 54.6 Å². The molecule has 1 saturated heterocycles. The maximum Gasteiger partial charge on any atom is 0.490 e. The molecule has 3 heterocycles. The number of hydrogen-bond acceptors (Lipinski definition) is 13. The topological polar surface area (TPSA) is 279 Å². The van der Waals surface area contributed by atoms with Gasteiger partial charge in [-0.1, -0.05) is 0 Å². The van der Waals surface area contributed by atoms with Gasteiger partial charge >= 0.3 is 23.5 Å². The van der Waals surface area contributed by atoms with E-state index in [2.05, 4.69) is 44.0 Å². The van der Waals surface area contributed by atoms with Crippen LogP contribution in [0.5, 0.6) is 0 Å². The fraction of sp³-hybridized carbons (Fsp3) is 0.500. The van der Waals surface area contributed by atoms with Crippen molar-refractivity contribution in [1.82, 2.24) is 19.5 Å². The molecule has 32 heavy (non-hydrogen) atoms. The molecule has 18 nitrogen and oxygen atoms in total. The largest absolute Gasteiger partial charge is 0.490 e. The molecule has 0 saturated carbocycles. The highest BCUT2D eigenvalue weighted by atomic mass is 79.9. The highest BCUT2D eigenvalue weighted by molar-refractivity contribution is 9.10. The molecule has 2 aromatic heterocycles. The summed E-state index contributed by atoms with van der Waals surface area (Å²) < 4.78 is 52.2. The second kappa shape index (κ2) is 9.05. The van der Waals surface area contributed by atoms with E-state index in [1.165, 1.54) is 4.57 Å².